The third-order valence-corrected chi connectivity index (χ3v) is 5.62. The molecular formula is C21H22FN7O. The Morgan fingerprint density at radius 2 is 1.83 bits per heavy atom. The Hall–Kier alpha value is -3.33. The first-order valence-corrected chi connectivity index (χ1v) is 9.90. The third kappa shape index (κ3) is 3.11. The minimum Gasteiger partial charge on any atom is -0.367 e. The molecule has 0 aliphatic carbocycles. The second kappa shape index (κ2) is 6.88. The first-order valence-electron chi connectivity index (χ1n) is 9.90. The van der Waals surface area contributed by atoms with E-state index in [4.69, 9.17) is 0 Å². The van der Waals surface area contributed by atoms with Gasteiger partial charge in [0.15, 0.2) is 5.82 Å². The van der Waals surface area contributed by atoms with Gasteiger partial charge in [-0.15, -0.1) is 0 Å². The maximum atomic E-state index is 14.9. The Balaban J connectivity index is 1.60. The predicted octanol–water partition coefficient (Wildman–Crippen LogP) is 2.14. The number of likely N-dealkylation sites (N-methyl/N-ethyl adjacent to an activating group) is 1. The second-order valence-corrected chi connectivity index (χ2v) is 7.85. The maximum absolute atomic E-state index is 14.9. The maximum Gasteiger partial charge on any atom is 0.259 e. The zero-order valence-corrected chi connectivity index (χ0v) is 17.1. The van der Waals surface area contributed by atoms with Crippen LogP contribution in [0.4, 0.5) is 10.1 Å². The summed E-state index contributed by atoms with van der Waals surface area (Å²) in [7, 11) is 2.04. The Labute approximate surface area is 172 Å². The Bertz CT molecular complexity index is 1330. The van der Waals surface area contributed by atoms with Gasteiger partial charge in [0.05, 0.1) is 39.7 Å². The summed E-state index contributed by atoms with van der Waals surface area (Å²) in [5, 5.41) is 4.88. The van der Waals surface area contributed by atoms with Crippen molar-refractivity contribution in [1.29, 1.82) is 0 Å². The van der Waals surface area contributed by atoms with Crippen LogP contribution in [-0.4, -0.2) is 62.7 Å². The number of aromatic nitrogens is 5. The monoisotopic (exact) mass is 407 g/mol. The first-order chi connectivity index (χ1) is 14.4. The summed E-state index contributed by atoms with van der Waals surface area (Å²) in [6, 6.07) is 4.77. The van der Waals surface area contributed by atoms with E-state index in [-0.39, 0.29) is 11.4 Å². The topological polar surface area (TPSA) is 82.4 Å². The normalized spacial score (nSPS) is 15.4. The van der Waals surface area contributed by atoms with Crippen molar-refractivity contribution in [2.75, 3.05) is 38.1 Å². The molecule has 9 heteroatoms. The summed E-state index contributed by atoms with van der Waals surface area (Å²) in [4.78, 5) is 28.7. The molecule has 0 radical (unpaired) electrons. The number of hydrogen-bond acceptors (Lipinski definition) is 6. The molecule has 30 heavy (non-hydrogen) atoms. The summed E-state index contributed by atoms with van der Waals surface area (Å²) < 4.78 is 16.6. The van der Waals surface area contributed by atoms with Crippen LogP contribution in [0, 0.1) is 19.7 Å². The van der Waals surface area contributed by atoms with Gasteiger partial charge in [0.1, 0.15) is 11.5 Å². The minimum absolute atomic E-state index is 0.306. The molecule has 0 amide bonds. The molecule has 154 valence electrons. The lowest BCUT2D eigenvalue weighted by atomic mass is 10.1. The number of fused-ring (bicyclic) bond motifs is 2. The van der Waals surface area contributed by atoms with Crippen molar-refractivity contribution in [2.24, 2.45) is 0 Å². The molecule has 0 atom stereocenters. The van der Waals surface area contributed by atoms with Crippen LogP contribution < -0.4 is 10.5 Å². The van der Waals surface area contributed by atoms with Crippen LogP contribution in [-0.2, 0) is 0 Å². The molecule has 0 spiro atoms. The standard InChI is InChI=1S/C21H22FN7O/c1-12-11-29-18(13(2)23-12)10-17(26-29)20-24-16-9-15(22)19(8-14(16)21(30)25-20)28-6-4-27(3)5-7-28/h8-11H,4-7H2,1-3H3,(H,24,25,30). The Morgan fingerprint density at radius 1 is 1.07 bits per heavy atom. The van der Waals surface area contributed by atoms with Crippen molar-refractivity contribution in [2.45, 2.75) is 13.8 Å². The largest absolute Gasteiger partial charge is 0.367 e. The second-order valence-electron chi connectivity index (χ2n) is 7.85. The minimum atomic E-state index is -0.373. The molecular weight excluding hydrogens is 385 g/mol. The molecule has 8 nitrogen and oxygen atoms in total. The average molecular weight is 407 g/mol. The van der Waals surface area contributed by atoms with Gasteiger partial charge in [0, 0.05) is 32.2 Å². The number of hydrogen-bond donors (Lipinski definition) is 1. The fraction of sp³-hybridized carbons (Fsp3) is 0.333. The number of halogens is 1. The van der Waals surface area contributed by atoms with E-state index in [9.17, 15) is 9.18 Å². The zero-order chi connectivity index (χ0) is 21.0. The van der Waals surface area contributed by atoms with E-state index in [2.05, 4.69) is 25.0 Å². The number of nitrogens with zero attached hydrogens (tertiary/aromatic N) is 6. The zero-order valence-electron chi connectivity index (χ0n) is 17.1. The molecule has 1 fully saturated rings. The SMILES string of the molecule is Cc1cn2nc(-c3nc4cc(F)c(N5CCN(C)CC5)cc4c(=O)[nH]3)cc2c(C)n1. The summed E-state index contributed by atoms with van der Waals surface area (Å²) >= 11 is 0. The number of aromatic amines is 1. The van der Waals surface area contributed by atoms with Gasteiger partial charge in [-0.05, 0) is 33.0 Å². The van der Waals surface area contributed by atoms with Gasteiger partial charge in [-0.1, -0.05) is 0 Å². The van der Waals surface area contributed by atoms with Crippen molar-refractivity contribution in [3.05, 3.63) is 52.0 Å². The van der Waals surface area contributed by atoms with Crippen molar-refractivity contribution < 1.29 is 4.39 Å². The van der Waals surface area contributed by atoms with E-state index in [1.165, 1.54) is 6.07 Å². The summed E-state index contributed by atoms with van der Waals surface area (Å²) in [6.45, 7) is 6.94. The molecule has 0 unspecified atom stereocenters. The fourth-order valence-corrected chi connectivity index (χ4v) is 3.97. The number of H-pyrrole nitrogens is 1. The van der Waals surface area contributed by atoms with Gasteiger partial charge < -0.3 is 14.8 Å². The number of benzene rings is 1. The highest BCUT2D eigenvalue weighted by Crippen LogP contribution is 2.26. The number of nitrogens with one attached hydrogen (secondary N) is 1. The highest BCUT2D eigenvalue weighted by atomic mass is 19.1. The average Bonchev–Trinajstić information content (AvgIpc) is 3.13. The molecule has 0 bridgehead atoms. The quantitative estimate of drug-likeness (QED) is 0.548. The number of piperazine rings is 1. The van der Waals surface area contributed by atoms with Gasteiger partial charge in [-0.25, -0.2) is 13.9 Å². The van der Waals surface area contributed by atoms with Gasteiger partial charge in [0.2, 0.25) is 0 Å². The summed E-state index contributed by atoms with van der Waals surface area (Å²) in [6.07, 6.45) is 1.81. The molecule has 5 rings (SSSR count). The first kappa shape index (κ1) is 18.7. The van der Waals surface area contributed by atoms with E-state index < -0.39 is 0 Å². The third-order valence-electron chi connectivity index (χ3n) is 5.62. The molecule has 4 heterocycles. The van der Waals surface area contributed by atoms with Crippen molar-refractivity contribution in [3.8, 4) is 11.5 Å². The number of rotatable bonds is 2. The van der Waals surface area contributed by atoms with Crippen molar-refractivity contribution in [1.82, 2.24) is 29.5 Å². The van der Waals surface area contributed by atoms with Crippen LogP contribution in [0.15, 0.2) is 29.2 Å². The lowest BCUT2D eigenvalue weighted by Gasteiger charge is -2.34. The molecule has 1 aromatic carbocycles. The van der Waals surface area contributed by atoms with E-state index in [0.29, 0.717) is 28.1 Å². The Kier molecular flexibility index (Phi) is 4.28. The molecule has 4 aromatic rings. The summed E-state index contributed by atoms with van der Waals surface area (Å²) in [5.74, 6) is -0.0678. The van der Waals surface area contributed by atoms with Gasteiger partial charge in [0.25, 0.3) is 5.56 Å². The number of aryl methyl sites for hydroxylation is 2. The fourth-order valence-electron chi connectivity index (χ4n) is 3.97. The van der Waals surface area contributed by atoms with Crippen molar-refractivity contribution in [3.63, 3.8) is 0 Å². The van der Waals surface area contributed by atoms with Crippen LogP contribution in [0.25, 0.3) is 27.9 Å². The Morgan fingerprint density at radius 3 is 2.60 bits per heavy atom. The summed E-state index contributed by atoms with van der Waals surface area (Å²) in [5.41, 5.74) is 3.46. The van der Waals surface area contributed by atoms with Crippen LogP contribution >= 0.6 is 0 Å². The smallest absolute Gasteiger partial charge is 0.259 e. The van der Waals surface area contributed by atoms with Crippen molar-refractivity contribution >= 4 is 22.1 Å². The van der Waals surface area contributed by atoms with E-state index in [1.807, 2.05) is 38.1 Å². The van der Waals surface area contributed by atoms with Crippen LogP contribution in [0.5, 0.6) is 0 Å². The van der Waals surface area contributed by atoms with Crippen LogP contribution in [0.3, 0.4) is 0 Å². The van der Waals surface area contributed by atoms with Gasteiger partial charge in [-0.2, -0.15) is 5.10 Å². The molecule has 1 N–H and O–H groups in total. The van der Waals surface area contributed by atoms with Gasteiger partial charge in [-0.3, -0.25) is 9.78 Å². The number of anilines is 1. The molecule has 1 aliphatic heterocycles. The highest BCUT2D eigenvalue weighted by molar-refractivity contribution is 5.83. The molecule has 1 aliphatic rings. The van der Waals surface area contributed by atoms with Gasteiger partial charge >= 0.3 is 0 Å². The molecule has 3 aromatic heterocycles. The van der Waals surface area contributed by atoms with E-state index in [1.54, 1.807) is 10.6 Å². The predicted molar refractivity (Wildman–Crippen MR) is 113 cm³/mol. The lowest BCUT2D eigenvalue weighted by molar-refractivity contribution is 0.312. The van der Waals surface area contributed by atoms with E-state index >= 15 is 0 Å². The van der Waals surface area contributed by atoms with Crippen LogP contribution in [0.1, 0.15) is 11.4 Å². The van der Waals surface area contributed by atoms with E-state index in [0.717, 1.165) is 43.1 Å². The lowest BCUT2D eigenvalue weighted by Crippen LogP contribution is -2.44. The van der Waals surface area contributed by atoms with Crippen LogP contribution in [0.2, 0.25) is 0 Å². The molecule has 0 saturated carbocycles. The molecule has 1 saturated heterocycles. The highest BCUT2D eigenvalue weighted by Gasteiger charge is 2.20.